The van der Waals surface area contributed by atoms with Crippen molar-refractivity contribution in [2.45, 2.75) is 6.42 Å². The third-order valence-corrected chi connectivity index (χ3v) is 4.93. The van der Waals surface area contributed by atoms with Gasteiger partial charge in [-0.05, 0) is 53.1 Å². The van der Waals surface area contributed by atoms with Crippen molar-refractivity contribution < 1.29 is 24.4 Å². The van der Waals surface area contributed by atoms with Gasteiger partial charge in [0.05, 0.1) is 41.1 Å². The summed E-state index contributed by atoms with van der Waals surface area (Å²) < 4.78 is 5.14. The van der Waals surface area contributed by atoms with Crippen LogP contribution >= 0.6 is 0 Å². The number of aliphatic carboxylic acids is 1. The number of carbonyl (C=O) groups excluding carboxylic acids is 1. The van der Waals surface area contributed by atoms with E-state index in [0.717, 1.165) is 5.56 Å². The number of fused-ring (bicyclic) bond motifs is 2. The van der Waals surface area contributed by atoms with Crippen molar-refractivity contribution in [2.75, 3.05) is 17.7 Å². The molecule has 0 radical (unpaired) electrons. The second-order valence-corrected chi connectivity index (χ2v) is 6.93. The van der Waals surface area contributed by atoms with E-state index in [0.29, 0.717) is 33.8 Å². The van der Waals surface area contributed by atoms with E-state index < -0.39 is 10.9 Å². The highest BCUT2D eigenvalue weighted by atomic mass is 16.6. The predicted molar refractivity (Wildman–Crippen MR) is 114 cm³/mol. The standard InChI is InChI=1S/C22H17N3O6/c1-31-20-11-14(4-7-19(20)25(29)30)13-3-5-15-17(10-13)23-16-6-2-12(9-21(26)27)8-18(16)24-22(15)28/h2-8,10-11,23H,9H2,1H3,(H,24,28)(H,26,27). The second kappa shape index (κ2) is 7.79. The molecule has 0 spiro atoms. The molecule has 0 unspecified atom stereocenters. The quantitative estimate of drug-likeness (QED) is 0.417. The number of nitro benzene ring substituents is 1. The molecule has 3 N–H and O–H groups in total. The van der Waals surface area contributed by atoms with Crippen molar-refractivity contribution in [1.29, 1.82) is 0 Å². The topological polar surface area (TPSA) is 131 Å². The van der Waals surface area contributed by atoms with Gasteiger partial charge in [-0.25, -0.2) is 0 Å². The van der Waals surface area contributed by atoms with Crippen LogP contribution in [0.5, 0.6) is 5.75 Å². The van der Waals surface area contributed by atoms with Crippen LogP contribution in [0.1, 0.15) is 15.9 Å². The van der Waals surface area contributed by atoms with E-state index >= 15 is 0 Å². The van der Waals surface area contributed by atoms with E-state index in [2.05, 4.69) is 10.6 Å². The maximum Gasteiger partial charge on any atom is 0.310 e. The van der Waals surface area contributed by atoms with Crippen LogP contribution in [-0.4, -0.2) is 29.0 Å². The lowest BCUT2D eigenvalue weighted by Crippen LogP contribution is -2.11. The minimum Gasteiger partial charge on any atom is -0.490 e. The van der Waals surface area contributed by atoms with Crippen molar-refractivity contribution in [1.82, 2.24) is 0 Å². The van der Waals surface area contributed by atoms with Crippen LogP contribution in [0.3, 0.4) is 0 Å². The van der Waals surface area contributed by atoms with Gasteiger partial charge < -0.3 is 20.5 Å². The van der Waals surface area contributed by atoms with Crippen molar-refractivity contribution in [2.24, 2.45) is 0 Å². The fourth-order valence-electron chi connectivity index (χ4n) is 3.46. The van der Waals surface area contributed by atoms with E-state index in [1.165, 1.54) is 13.2 Å². The highest BCUT2D eigenvalue weighted by molar-refractivity contribution is 6.12. The molecule has 0 aliphatic carbocycles. The van der Waals surface area contributed by atoms with Crippen LogP contribution in [0.15, 0.2) is 54.6 Å². The Kier molecular flexibility index (Phi) is 5.00. The van der Waals surface area contributed by atoms with Crippen molar-refractivity contribution in [3.8, 4) is 16.9 Å². The maximum atomic E-state index is 12.7. The Hall–Kier alpha value is -4.40. The summed E-state index contributed by atoms with van der Waals surface area (Å²) in [7, 11) is 1.37. The van der Waals surface area contributed by atoms with Gasteiger partial charge in [-0.1, -0.05) is 12.1 Å². The number of rotatable bonds is 5. The average Bonchev–Trinajstić information content (AvgIpc) is 2.87. The summed E-state index contributed by atoms with van der Waals surface area (Å²) in [5.41, 5.74) is 3.93. The number of carboxylic acid groups (broad SMARTS) is 1. The zero-order valence-electron chi connectivity index (χ0n) is 16.3. The lowest BCUT2D eigenvalue weighted by molar-refractivity contribution is -0.385. The smallest absolute Gasteiger partial charge is 0.310 e. The van der Waals surface area contributed by atoms with Gasteiger partial charge in [0, 0.05) is 6.07 Å². The lowest BCUT2D eigenvalue weighted by Gasteiger charge is -2.12. The molecule has 31 heavy (non-hydrogen) atoms. The monoisotopic (exact) mass is 419 g/mol. The molecule has 1 heterocycles. The molecule has 156 valence electrons. The number of anilines is 3. The van der Waals surface area contributed by atoms with E-state index in [1.807, 2.05) is 0 Å². The molecule has 1 aliphatic heterocycles. The second-order valence-electron chi connectivity index (χ2n) is 6.93. The lowest BCUT2D eigenvalue weighted by atomic mass is 10.0. The molecule has 1 amide bonds. The number of nitrogens with zero attached hydrogens (tertiary/aromatic N) is 1. The number of methoxy groups -OCH3 is 1. The number of carboxylic acids is 1. The molecule has 3 aromatic rings. The fraction of sp³-hybridized carbons (Fsp3) is 0.0909. The van der Waals surface area contributed by atoms with Crippen molar-refractivity contribution in [3.05, 3.63) is 75.8 Å². The zero-order valence-corrected chi connectivity index (χ0v) is 16.3. The normalized spacial score (nSPS) is 12.0. The average molecular weight is 419 g/mol. The molecular weight excluding hydrogens is 402 g/mol. The fourth-order valence-corrected chi connectivity index (χ4v) is 3.46. The van der Waals surface area contributed by atoms with Gasteiger partial charge in [0.2, 0.25) is 0 Å². The van der Waals surface area contributed by atoms with Gasteiger partial charge in [0.25, 0.3) is 5.91 Å². The van der Waals surface area contributed by atoms with Crippen LogP contribution in [-0.2, 0) is 11.2 Å². The van der Waals surface area contributed by atoms with Crippen LogP contribution in [0.4, 0.5) is 22.7 Å². The molecule has 0 atom stereocenters. The molecule has 4 rings (SSSR count). The summed E-state index contributed by atoms with van der Waals surface area (Å²) in [6.07, 6.45) is -0.151. The van der Waals surface area contributed by atoms with E-state index in [9.17, 15) is 19.7 Å². The van der Waals surface area contributed by atoms with Crippen LogP contribution in [0.2, 0.25) is 0 Å². The number of benzene rings is 3. The summed E-state index contributed by atoms with van der Waals surface area (Å²) >= 11 is 0. The van der Waals surface area contributed by atoms with Crippen LogP contribution < -0.4 is 15.4 Å². The van der Waals surface area contributed by atoms with Gasteiger partial charge in [-0.2, -0.15) is 0 Å². The molecule has 1 aliphatic rings. The highest BCUT2D eigenvalue weighted by Crippen LogP contribution is 2.37. The molecule has 0 bridgehead atoms. The third-order valence-electron chi connectivity index (χ3n) is 4.93. The summed E-state index contributed by atoms with van der Waals surface area (Å²) in [6.45, 7) is 0. The van der Waals surface area contributed by atoms with Crippen molar-refractivity contribution >= 4 is 34.6 Å². The van der Waals surface area contributed by atoms with Gasteiger partial charge in [0.1, 0.15) is 0 Å². The number of nitrogens with one attached hydrogen (secondary N) is 2. The Bertz CT molecular complexity index is 1240. The van der Waals surface area contributed by atoms with Gasteiger partial charge in [-0.3, -0.25) is 19.7 Å². The first-order valence-corrected chi connectivity index (χ1v) is 9.25. The number of ether oxygens (including phenoxy) is 1. The molecule has 0 fully saturated rings. The largest absolute Gasteiger partial charge is 0.490 e. The van der Waals surface area contributed by atoms with Crippen LogP contribution in [0, 0.1) is 10.1 Å². The number of nitro groups is 1. The maximum absolute atomic E-state index is 12.7. The Morgan fingerprint density at radius 1 is 1.00 bits per heavy atom. The highest BCUT2D eigenvalue weighted by Gasteiger charge is 2.21. The van der Waals surface area contributed by atoms with Gasteiger partial charge in [0.15, 0.2) is 5.75 Å². The summed E-state index contributed by atoms with van der Waals surface area (Å²) in [5.74, 6) is -1.15. The first-order valence-electron chi connectivity index (χ1n) is 9.25. The number of hydrogen-bond donors (Lipinski definition) is 3. The Balaban J connectivity index is 1.73. The first-order chi connectivity index (χ1) is 14.9. The van der Waals surface area contributed by atoms with Gasteiger partial charge in [-0.15, -0.1) is 0 Å². The van der Waals surface area contributed by atoms with Gasteiger partial charge >= 0.3 is 11.7 Å². The number of hydrogen-bond acceptors (Lipinski definition) is 6. The molecular formula is C22H17N3O6. The number of amides is 1. The molecule has 3 aromatic carbocycles. The Morgan fingerprint density at radius 3 is 2.45 bits per heavy atom. The molecule has 0 aromatic heterocycles. The third kappa shape index (κ3) is 3.88. The predicted octanol–water partition coefficient (Wildman–Crippen LogP) is 4.21. The summed E-state index contributed by atoms with van der Waals surface area (Å²) in [5, 5.41) is 26.1. The Morgan fingerprint density at radius 2 is 1.74 bits per heavy atom. The van der Waals surface area contributed by atoms with E-state index in [4.69, 9.17) is 9.84 Å². The minimum atomic E-state index is -0.959. The Labute approximate surface area is 176 Å². The number of carbonyl (C=O) groups is 2. The van der Waals surface area contributed by atoms with E-state index in [-0.39, 0.29) is 23.8 Å². The molecule has 9 heteroatoms. The zero-order chi connectivity index (χ0) is 22.1. The molecule has 0 saturated heterocycles. The van der Waals surface area contributed by atoms with Crippen LogP contribution in [0.25, 0.3) is 11.1 Å². The van der Waals surface area contributed by atoms with Crippen molar-refractivity contribution in [3.63, 3.8) is 0 Å². The summed E-state index contributed by atoms with van der Waals surface area (Å²) in [4.78, 5) is 34.3. The first kappa shape index (κ1) is 19.9. The SMILES string of the molecule is COc1cc(-c2ccc3c(c2)Nc2ccc(CC(=O)O)cc2NC3=O)ccc1[N+](=O)[O-]. The summed E-state index contributed by atoms with van der Waals surface area (Å²) in [6, 6.07) is 14.8. The minimum absolute atomic E-state index is 0.135. The van der Waals surface area contributed by atoms with E-state index in [1.54, 1.807) is 48.5 Å². The molecule has 9 nitrogen and oxygen atoms in total. The molecule has 0 saturated carbocycles.